The first kappa shape index (κ1) is 11.8. The second kappa shape index (κ2) is 3.38. The van der Waals surface area contributed by atoms with Gasteiger partial charge in [-0.2, -0.15) is 0 Å². The van der Waals surface area contributed by atoms with Crippen molar-refractivity contribution in [2.75, 3.05) is 6.61 Å². The molecule has 7 heteroatoms. The fraction of sp³-hybridized carbons (Fsp3) is 1.00. The van der Waals surface area contributed by atoms with Gasteiger partial charge >= 0.3 is 0 Å². The van der Waals surface area contributed by atoms with Gasteiger partial charge in [0.25, 0.3) is 5.91 Å². The monoisotopic (exact) mass is 209 g/mol. The molecule has 1 saturated heterocycles. The molecule has 0 amide bonds. The Morgan fingerprint density at radius 2 is 1.86 bits per heavy atom. The van der Waals surface area contributed by atoms with E-state index < -0.39 is 36.4 Å². The van der Waals surface area contributed by atoms with Gasteiger partial charge < -0.3 is 30.3 Å². The lowest BCUT2D eigenvalue weighted by atomic mass is 9.85. The average Bonchev–Trinajstić information content (AvgIpc) is 2.09. The lowest BCUT2D eigenvalue weighted by Crippen LogP contribution is -2.75. The van der Waals surface area contributed by atoms with Gasteiger partial charge in [0.2, 0.25) is 0 Å². The third-order valence-corrected chi connectivity index (χ3v) is 2.52. The fourth-order valence-electron chi connectivity index (χ4n) is 1.31. The molecule has 0 aliphatic carbocycles. The molecule has 5 atom stereocenters. The summed E-state index contributed by atoms with van der Waals surface area (Å²) in [6, 6.07) is 0. The molecule has 0 spiro atoms. The topological polar surface area (TPSA) is 136 Å². The van der Waals surface area contributed by atoms with E-state index in [-0.39, 0.29) is 0 Å². The Balaban J connectivity index is 2.95. The molecule has 1 fully saturated rings. The molecule has 0 aromatic carbocycles. The standard InChI is InChI=1S/C7H15NO6/c1-6(12)5(11)4(10)3(2-9)14-7(6,8)13/h3-5,9-13H,2,8H2,1H3/t3-,4-,5+,6-,7?/m1/s1. The number of rotatable bonds is 1. The van der Waals surface area contributed by atoms with Crippen LogP contribution in [-0.4, -0.2) is 62.0 Å². The minimum Gasteiger partial charge on any atom is -0.394 e. The van der Waals surface area contributed by atoms with Gasteiger partial charge in [-0.15, -0.1) is 0 Å². The van der Waals surface area contributed by atoms with Gasteiger partial charge in [-0.1, -0.05) is 0 Å². The first-order valence-corrected chi connectivity index (χ1v) is 4.12. The Morgan fingerprint density at radius 1 is 1.36 bits per heavy atom. The summed E-state index contributed by atoms with van der Waals surface area (Å²) in [6.07, 6.45) is -4.46. The van der Waals surface area contributed by atoms with E-state index in [1.165, 1.54) is 0 Å². The van der Waals surface area contributed by atoms with Crippen molar-refractivity contribution in [2.45, 2.75) is 36.7 Å². The number of aliphatic hydroxyl groups excluding tert-OH is 3. The SMILES string of the molecule is C[C@@]1(O)[C@@H](O)[C@H](O)[C@@H](CO)OC1(N)O. The van der Waals surface area contributed by atoms with Crippen LogP contribution in [0.3, 0.4) is 0 Å². The molecule has 84 valence electrons. The summed E-state index contributed by atoms with van der Waals surface area (Å²) in [7, 11) is 0. The van der Waals surface area contributed by atoms with Crippen LogP contribution in [0.4, 0.5) is 0 Å². The average molecular weight is 209 g/mol. The van der Waals surface area contributed by atoms with Crippen LogP contribution in [-0.2, 0) is 4.74 Å². The van der Waals surface area contributed by atoms with E-state index >= 15 is 0 Å². The van der Waals surface area contributed by atoms with Gasteiger partial charge in [0, 0.05) is 0 Å². The van der Waals surface area contributed by atoms with Crippen molar-refractivity contribution in [3.05, 3.63) is 0 Å². The quantitative estimate of drug-likeness (QED) is 0.246. The Bertz CT molecular complexity index is 218. The largest absolute Gasteiger partial charge is 0.394 e. The zero-order valence-corrected chi connectivity index (χ0v) is 7.66. The predicted molar refractivity (Wildman–Crippen MR) is 43.7 cm³/mol. The van der Waals surface area contributed by atoms with Crippen LogP contribution in [0.25, 0.3) is 0 Å². The summed E-state index contributed by atoms with van der Waals surface area (Å²) >= 11 is 0. The fourth-order valence-corrected chi connectivity index (χ4v) is 1.31. The third kappa shape index (κ3) is 1.52. The van der Waals surface area contributed by atoms with Crippen molar-refractivity contribution in [1.82, 2.24) is 0 Å². The Morgan fingerprint density at radius 3 is 2.29 bits per heavy atom. The van der Waals surface area contributed by atoms with Crippen molar-refractivity contribution in [1.29, 1.82) is 0 Å². The van der Waals surface area contributed by atoms with E-state index in [0.717, 1.165) is 6.92 Å². The van der Waals surface area contributed by atoms with E-state index in [1.54, 1.807) is 0 Å². The molecule has 0 radical (unpaired) electrons. The molecule has 0 saturated carbocycles. The van der Waals surface area contributed by atoms with Crippen LogP contribution in [0.2, 0.25) is 0 Å². The van der Waals surface area contributed by atoms with E-state index in [2.05, 4.69) is 4.74 Å². The maximum Gasteiger partial charge on any atom is 0.255 e. The molecular formula is C7H15NO6. The van der Waals surface area contributed by atoms with Gasteiger partial charge in [-0.25, -0.2) is 0 Å². The summed E-state index contributed by atoms with van der Waals surface area (Å²) in [5.41, 5.74) is 2.97. The molecule has 14 heavy (non-hydrogen) atoms. The van der Waals surface area contributed by atoms with Crippen LogP contribution in [0.5, 0.6) is 0 Å². The minimum atomic E-state index is -2.51. The van der Waals surface area contributed by atoms with Gasteiger partial charge in [0.15, 0.2) is 5.60 Å². The highest BCUT2D eigenvalue weighted by atomic mass is 16.7. The number of hydrogen-bond acceptors (Lipinski definition) is 7. The second-order valence-corrected chi connectivity index (χ2v) is 3.62. The van der Waals surface area contributed by atoms with Crippen LogP contribution in [0.15, 0.2) is 0 Å². The Labute approximate surface area is 80.3 Å². The van der Waals surface area contributed by atoms with Crippen molar-refractivity contribution in [3.8, 4) is 0 Å². The van der Waals surface area contributed by atoms with E-state index in [9.17, 15) is 20.4 Å². The minimum absolute atomic E-state index is 0.631. The van der Waals surface area contributed by atoms with Crippen molar-refractivity contribution < 1.29 is 30.3 Å². The Hall–Kier alpha value is -0.280. The molecule has 1 rings (SSSR count). The molecule has 0 bridgehead atoms. The summed E-state index contributed by atoms with van der Waals surface area (Å²) in [5, 5.41) is 46.5. The third-order valence-electron chi connectivity index (χ3n) is 2.52. The smallest absolute Gasteiger partial charge is 0.255 e. The van der Waals surface area contributed by atoms with Crippen molar-refractivity contribution >= 4 is 0 Å². The molecule has 1 unspecified atom stereocenters. The Kier molecular flexibility index (Phi) is 2.85. The zero-order chi connectivity index (χ0) is 11.1. The molecular weight excluding hydrogens is 194 g/mol. The van der Waals surface area contributed by atoms with Crippen LogP contribution in [0, 0.1) is 0 Å². The van der Waals surface area contributed by atoms with Crippen LogP contribution < -0.4 is 5.73 Å². The molecule has 0 aromatic rings. The number of nitrogens with two attached hydrogens (primary N) is 1. The summed E-state index contributed by atoms with van der Waals surface area (Å²) in [6.45, 7) is 0.391. The molecule has 7 N–H and O–H groups in total. The van der Waals surface area contributed by atoms with Crippen molar-refractivity contribution in [3.63, 3.8) is 0 Å². The van der Waals surface area contributed by atoms with E-state index in [1.807, 2.05) is 0 Å². The highest BCUT2D eigenvalue weighted by molar-refractivity contribution is 5.02. The van der Waals surface area contributed by atoms with Gasteiger partial charge in [-0.05, 0) is 6.92 Å². The van der Waals surface area contributed by atoms with Gasteiger partial charge in [-0.3, -0.25) is 5.73 Å². The number of ether oxygens (including phenoxy) is 1. The zero-order valence-electron chi connectivity index (χ0n) is 7.66. The van der Waals surface area contributed by atoms with Crippen molar-refractivity contribution in [2.24, 2.45) is 5.73 Å². The van der Waals surface area contributed by atoms with Crippen LogP contribution >= 0.6 is 0 Å². The highest BCUT2D eigenvalue weighted by Crippen LogP contribution is 2.32. The first-order chi connectivity index (χ1) is 6.24. The summed E-state index contributed by atoms with van der Waals surface area (Å²) < 4.78 is 4.64. The lowest BCUT2D eigenvalue weighted by Gasteiger charge is -2.49. The summed E-state index contributed by atoms with van der Waals surface area (Å²) in [4.78, 5) is 0. The highest BCUT2D eigenvalue weighted by Gasteiger charge is 2.59. The molecule has 0 aromatic heterocycles. The van der Waals surface area contributed by atoms with Gasteiger partial charge in [0.05, 0.1) is 6.61 Å². The van der Waals surface area contributed by atoms with Gasteiger partial charge in [0.1, 0.15) is 18.3 Å². The number of aliphatic hydroxyl groups is 5. The van der Waals surface area contributed by atoms with E-state index in [4.69, 9.17) is 10.8 Å². The predicted octanol–water partition coefficient (Wildman–Crippen LogP) is -3.54. The molecule has 1 aliphatic rings. The maximum absolute atomic E-state index is 9.56. The lowest BCUT2D eigenvalue weighted by molar-refractivity contribution is -0.382. The molecule has 1 heterocycles. The van der Waals surface area contributed by atoms with Crippen LogP contribution in [0.1, 0.15) is 6.92 Å². The molecule has 7 nitrogen and oxygen atoms in total. The number of hydrogen-bond donors (Lipinski definition) is 6. The normalized spacial score (nSPS) is 54.6. The first-order valence-electron chi connectivity index (χ1n) is 4.12. The summed E-state index contributed by atoms with van der Waals surface area (Å²) in [5.74, 6) is -2.51. The molecule has 1 aliphatic heterocycles. The maximum atomic E-state index is 9.56. The second-order valence-electron chi connectivity index (χ2n) is 3.62. The van der Waals surface area contributed by atoms with E-state index in [0.29, 0.717) is 0 Å².